The summed E-state index contributed by atoms with van der Waals surface area (Å²) in [7, 11) is 0. The largest absolute Gasteiger partial charge is 0.312 e. The third-order valence-corrected chi connectivity index (χ3v) is 4.12. The van der Waals surface area contributed by atoms with Crippen molar-refractivity contribution in [3.05, 3.63) is 20.8 Å². The Hall–Kier alpha value is 0.870. The summed E-state index contributed by atoms with van der Waals surface area (Å²) in [6.07, 6.45) is 2.61. The number of thiophene rings is 1. The molecule has 0 aliphatic carbocycles. The number of unbranched alkanes of at least 4 members (excludes halogenated alkanes) is 1. The summed E-state index contributed by atoms with van der Waals surface area (Å²) in [5.41, 5.74) is 0. The van der Waals surface area contributed by atoms with Gasteiger partial charge in [0.1, 0.15) is 0 Å². The fourth-order valence-corrected chi connectivity index (χ4v) is 2.96. The lowest BCUT2D eigenvalue weighted by molar-refractivity contribution is 0.650. The van der Waals surface area contributed by atoms with Gasteiger partial charge in [0.2, 0.25) is 0 Å². The Morgan fingerprint density at radius 2 is 2.31 bits per heavy atom. The monoisotopic (exact) mass is 373 g/mol. The fraction of sp³-hybridized carbons (Fsp3) is 0.556. The lowest BCUT2D eigenvalue weighted by Crippen LogP contribution is -2.13. The van der Waals surface area contributed by atoms with Crippen LogP contribution in [0.2, 0.25) is 0 Å². The molecule has 0 unspecified atom stereocenters. The van der Waals surface area contributed by atoms with Gasteiger partial charge in [0.05, 0.1) is 0 Å². The number of hydrogen-bond acceptors (Lipinski definition) is 2. The van der Waals surface area contributed by atoms with Crippen LogP contribution in [0.3, 0.4) is 0 Å². The molecule has 0 fully saturated rings. The van der Waals surface area contributed by atoms with Gasteiger partial charge in [0, 0.05) is 21.3 Å². The van der Waals surface area contributed by atoms with Gasteiger partial charge in [0.25, 0.3) is 0 Å². The highest BCUT2D eigenvalue weighted by molar-refractivity contribution is 14.1. The average molecular weight is 374 g/mol. The molecule has 0 atom stereocenters. The maximum Gasteiger partial charge on any atom is 0.0300 e. The normalized spacial score (nSPS) is 10.6. The second kappa shape index (κ2) is 7.20. The van der Waals surface area contributed by atoms with Crippen LogP contribution in [0.25, 0.3) is 0 Å². The van der Waals surface area contributed by atoms with E-state index in [4.69, 9.17) is 0 Å². The Kier molecular flexibility index (Phi) is 6.61. The zero-order valence-electron chi connectivity index (χ0n) is 7.35. The summed E-state index contributed by atoms with van der Waals surface area (Å²) >= 11 is 7.67. The van der Waals surface area contributed by atoms with Crippen LogP contribution < -0.4 is 5.32 Å². The third-order valence-electron chi connectivity index (χ3n) is 1.66. The first kappa shape index (κ1) is 11.9. The molecule has 0 aliphatic heterocycles. The first-order valence-electron chi connectivity index (χ1n) is 4.32. The van der Waals surface area contributed by atoms with Crippen molar-refractivity contribution in [1.82, 2.24) is 5.32 Å². The minimum atomic E-state index is 1.01. The van der Waals surface area contributed by atoms with Crippen LogP contribution in [-0.2, 0) is 6.54 Å². The molecule has 0 aromatic carbocycles. The van der Waals surface area contributed by atoms with Crippen LogP contribution in [0.5, 0.6) is 0 Å². The molecule has 1 heterocycles. The average Bonchev–Trinajstić information content (AvgIpc) is 2.51. The highest BCUT2D eigenvalue weighted by atomic mass is 127. The van der Waals surface area contributed by atoms with Gasteiger partial charge in [-0.2, -0.15) is 0 Å². The van der Waals surface area contributed by atoms with E-state index in [0.717, 1.165) is 13.1 Å². The van der Waals surface area contributed by atoms with Crippen molar-refractivity contribution in [1.29, 1.82) is 0 Å². The van der Waals surface area contributed by atoms with Crippen LogP contribution >= 0.6 is 49.9 Å². The highest BCUT2D eigenvalue weighted by Gasteiger charge is 1.95. The number of alkyl halides is 1. The Morgan fingerprint density at radius 1 is 1.46 bits per heavy atom. The second-order valence-corrected chi connectivity index (χ2v) is 5.79. The predicted octanol–water partition coefficient (Wildman–Crippen LogP) is 3.82. The molecule has 1 rings (SSSR count). The molecule has 0 saturated heterocycles. The van der Waals surface area contributed by atoms with E-state index in [-0.39, 0.29) is 0 Å². The zero-order valence-corrected chi connectivity index (χ0v) is 11.9. The molecule has 1 aromatic heterocycles. The molecular formula is C9H13BrINS. The fourth-order valence-electron chi connectivity index (χ4n) is 1.00. The van der Waals surface area contributed by atoms with Gasteiger partial charge in [-0.1, -0.05) is 22.6 Å². The first-order valence-corrected chi connectivity index (χ1v) is 7.52. The maximum atomic E-state index is 3.45. The van der Waals surface area contributed by atoms with Gasteiger partial charge in [-0.25, -0.2) is 0 Å². The van der Waals surface area contributed by atoms with Crippen molar-refractivity contribution in [3.63, 3.8) is 0 Å². The van der Waals surface area contributed by atoms with Crippen LogP contribution in [-0.4, -0.2) is 11.0 Å². The quantitative estimate of drug-likeness (QED) is 0.454. The van der Waals surface area contributed by atoms with Gasteiger partial charge in [-0.15, -0.1) is 11.3 Å². The molecule has 0 aliphatic rings. The standard InChI is InChI=1S/C9H13BrINS/c10-8-5-9(13-7-8)6-12-4-2-1-3-11/h5,7,12H,1-4,6H2. The number of hydrogen-bond donors (Lipinski definition) is 1. The number of halogens is 2. The summed E-state index contributed by atoms with van der Waals surface area (Å²) in [5, 5.41) is 5.56. The zero-order chi connectivity index (χ0) is 9.52. The minimum Gasteiger partial charge on any atom is -0.312 e. The first-order chi connectivity index (χ1) is 6.33. The molecule has 0 saturated carbocycles. The van der Waals surface area contributed by atoms with E-state index in [0.29, 0.717) is 0 Å². The van der Waals surface area contributed by atoms with Crippen LogP contribution in [0.15, 0.2) is 15.9 Å². The second-order valence-electron chi connectivity index (χ2n) is 2.80. The van der Waals surface area contributed by atoms with Crippen molar-refractivity contribution in [3.8, 4) is 0 Å². The topological polar surface area (TPSA) is 12.0 Å². The van der Waals surface area contributed by atoms with E-state index < -0.39 is 0 Å². The Labute approximate surface area is 106 Å². The Bertz CT molecular complexity index is 239. The molecule has 74 valence electrons. The number of nitrogens with one attached hydrogen (secondary N) is 1. The summed E-state index contributed by atoms with van der Waals surface area (Å²) in [6.45, 7) is 2.15. The van der Waals surface area contributed by atoms with Crippen LogP contribution in [0, 0.1) is 0 Å². The SMILES string of the molecule is Brc1csc(CNCCCCI)c1. The smallest absolute Gasteiger partial charge is 0.0300 e. The molecule has 1 N–H and O–H groups in total. The predicted molar refractivity (Wildman–Crippen MR) is 71.8 cm³/mol. The Balaban J connectivity index is 2.06. The van der Waals surface area contributed by atoms with E-state index in [1.165, 1.54) is 26.6 Å². The minimum absolute atomic E-state index is 1.01. The molecule has 4 heteroatoms. The molecular weight excluding hydrogens is 361 g/mol. The van der Waals surface area contributed by atoms with Crippen molar-refractivity contribution < 1.29 is 0 Å². The van der Waals surface area contributed by atoms with E-state index in [1.54, 1.807) is 11.3 Å². The molecule has 13 heavy (non-hydrogen) atoms. The maximum absolute atomic E-state index is 3.45. The van der Waals surface area contributed by atoms with Gasteiger partial charge >= 0.3 is 0 Å². The molecule has 0 amide bonds. The highest BCUT2D eigenvalue weighted by Crippen LogP contribution is 2.19. The Morgan fingerprint density at radius 3 is 2.92 bits per heavy atom. The van der Waals surface area contributed by atoms with Gasteiger partial charge in [-0.05, 0) is 45.8 Å². The van der Waals surface area contributed by atoms with E-state index in [2.05, 4.69) is 55.3 Å². The molecule has 1 nitrogen and oxygen atoms in total. The molecule has 0 bridgehead atoms. The van der Waals surface area contributed by atoms with E-state index in [9.17, 15) is 0 Å². The van der Waals surface area contributed by atoms with Crippen molar-refractivity contribution >= 4 is 49.9 Å². The summed E-state index contributed by atoms with van der Waals surface area (Å²) in [5.74, 6) is 0. The van der Waals surface area contributed by atoms with Crippen molar-refractivity contribution in [2.24, 2.45) is 0 Å². The van der Waals surface area contributed by atoms with E-state index in [1.807, 2.05) is 0 Å². The summed E-state index contributed by atoms with van der Waals surface area (Å²) in [4.78, 5) is 1.40. The third kappa shape index (κ3) is 5.34. The molecule has 0 spiro atoms. The summed E-state index contributed by atoms with van der Waals surface area (Å²) < 4.78 is 2.46. The lowest BCUT2D eigenvalue weighted by Gasteiger charge is -2.00. The van der Waals surface area contributed by atoms with E-state index >= 15 is 0 Å². The van der Waals surface area contributed by atoms with Crippen LogP contribution in [0.4, 0.5) is 0 Å². The summed E-state index contributed by atoms with van der Waals surface area (Å²) in [6, 6.07) is 2.18. The molecule has 0 radical (unpaired) electrons. The van der Waals surface area contributed by atoms with Crippen LogP contribution in [0.1, 0.15) is 17.7 Å². The van der Waals surface area contributed by atoms with Crippen molar-refractivity contribution in [2.75, 3.05) is 11.0 Å². The van der Waals surface area contributed by atoms with Gasteiger partial charge < -0.3 is 5.32 Å². The number of rotatable bonds is 6. The van der Waals surface area contributed by atoms with Crippen molar-refractivity contribution in [2.45, 2.75) is 19.4 Å². The van der Waals surface area contributed by atoms with Gasteiger partial charge in [-0.3, -0.25) is 0 Å². The molecule has 1 aromatic rings. The van der Waals surface area contributed by atoms with Gasteiger partial charge in [0.15, 0.2) is 0 Å². The lowest BCUT2D eigenvalue weighted by atomic mass is 10.3.